The van der Waals surface area contributed by atoms with Gasteiger partial charge in [0.15, 0.2) is 5.13 Å². The molecule has 0 atom stereocenters. The van der Waals surface area contributed by atoms with E-state index in [2.05, 4.69) is 27.1 Å². The second-order valence-electron chi connectivity index (χ2n) is 6.20. The lowest BCUT2D eigenvalue weighted by Gasteiger charge is -2.09. The van der Waals surface area contributed by atoms with Crippen molar-refractivity contribution in [1.82, 2.24) is 4.98 Å². The van der Waals surface area contributed by atoms with Crippen molar-refractivity contribution in [2.24, 2.45) is 0 Å². The van der Waals surface area contributed by atoms with Crippen LogP contribution in [0, 0.1) is 0 Å². The molecule has 0 spiro atoms. The van der Waals surface area contributed by atoms with E-state index in [0.717, 1.165) is 20.9 Å². The summed E-state index contributed by atoms with van der Waals surface area (Å²) in [6.45, 7) is 1.45. The van der Waals surface area contributed by atoms with Gasteiger partial charge in [0.2, 0.25) is 5.91 Å². The standard InChI is InChI=1S/C21H17N3O2S3/c1-13(25)22-21-24-17-9-8-14(11-19(17)29-21)23-20(26)16-6-2-3-7-18(16)28-12-15-5-4-10-27-15/h2-11H,12H2,1H3,(H,23,26)(H,22,24,25). The smallest absolute Gasteiger partial charge is 0.256 e. The van der Waals surface area contributed by atoms with Crippen molar-refractivity contribution in [1.29, 1.82) is 0 Å². The Labute approximate surface area is 180 Å². The first-order valence-corrected chi connectivity index (χ1v) is 11.5. The number of aromatic nitrogens is 1. The lowest BCUT2D eigenvalue weighted by Crippen LogP contribution is -2.12. The molecule has 2 aromatic heterocycles. The molecule has 0 aliphatic rings. The van der Waals surface area contributed by atoms with Crippen LogP contribution in [-0.4, -0.2) is 16.8 Å². The van der Waals surface area contributed by atoms with Gasteiger partial charge in [-0.25, -0.2) is 4.98 Å². The van der Waals surface area contributed by atoms with E-state index >= 15 is 0 Å². The van der Waals surface area contributed by atoms with Gasteiger partial charge >= 0.3 is 0 Å². The fourth-order valence-electron chi connectivity index (χ4n) is 2.73. The quantitative estimate of drug-likeness (QED) is 0.369. The highest BCUT2D eigenvalue weighted by atomic mass is 32.2. The van der Waals surface area contributed by atoms with Crippen LogP contribution in [0.3, 0.4) is 0 Å². The number of hydrogen-bond acceptors (Lipinski definition) is 6. The molecule has 8 heteroatoms. The molecular weight excluding hydrogens is 422 g/mol. The number of carbonyl (C=O) groups is 2. The highest BCUT2D eigenvalue weighted by Crippen LogP contribution is 2.30. The predicted molar refractivity (Wildman–Crippen MR) is 122 cm³/mol. The summed E-state index contributed by atoms with van der Waals surface area (Å²) in [6.07, 6.45) is 0. The van der Waals surface area contributed by atoms with Gasteiger partial charge in [-0.05, 0) is 41.8 Å². The largest absolute Gasteiger partial charge is 0.322 e. The van der Waals surface area contributed by atoms with Crippen LogP contribution in [0.1, 0.15) is 22.2 Å². The monoisotopic (exact) mass is 439 g/mol. The van der Waals surface area contributed by atoms with Gasteiger partial charge in [0.05, 0.1) is 15.8 Å². The maximum Gasteiger partial charge on any atom is 0.256 e. The molecule has 0 saturated carbocycles. The van der Waals surface area contributed by atoms with E-state index in [1.165, 1.54) is 23.1 Å². The summed E-state index contributed by atoms with van der Waals surface area (Å²) in [5, 5.41) is 8.27. The number of amides is 2. The maximum absolute atomic E-state index is 12.9. The number of nitrogens with one attached hydrogen (secondary N) is 2. The summed E-state index contributed by atoms with van der Waals surface area (Å²) in [5.74, 6) is 0.528. The second-order valence-corrected chi connectivity index (χ2v) is 9.28. The third kappa shape index (κ3) is 4.84. The summed E-state index contributed by atoms with van der Waals surface area (Å²) < 4.78 is 0.895. The average Bonchev–Trinajstić information content (AvgIpc) is 3.35. The molecule has 0 bridgehead atoms. The number of thiophene rings is 1. The minimum Gasteiger partial charge on any atom is -0.322 e. The molecule has 0 aliphatic heterocycles. The zero-order valence-corrected chi connectivity index (χ0v) is 17.9. The predicted octanol–water partition coefficient (Wildman–Crippen LogP) is 5.86. The van der Waals surface area contributed by atoms with E-state index in [1.807, 2.05) is 48.5 Å². The Morgan fingerprint density at radius 1 is 1.07 bits per heavy atom. The summed E-state index contributed by atoms with van der Waals surface area (Å²) in [6, 6.07) is 17.3. The first kappa shape index (κ1) is 19.6. The van der Waals surface area contributed by atoms with Crippen LogP contribution in [-0.2, 0) is 10.5 Å². The maximum atomic E-state index is 12.9. The van der Waals surface area contributed by atoms with Gasteiger partial charge in [-0.3, -0.25) is 9.59 Å². The number of thiazole rings is 1. The Morgan fingerprint density at radius 2 is 1.93 bits per heavy atom. The van der Waals surface area contributed by atoms with Crippen LogP contribution in [0.15, 0.2) is 64.9 Å². The fraction of sp³-hybridized carbons (Fsp3) is 0.0952. The van der Waals surface area contributed by atoms with Crippen molar-refractivity contribution in [3.05, 3.63) is 70.4 Å². The average molecular weight is 440 g/mol. The second kappa shape index (κ2) is 8.77. The van der Waals surface area contributed by atoms with Crippen molar-refractivity contribution in [3.8, 4) is 0 Å². The molecule has 0 radical (unpaired) electrons. The summed E-state index contributed by atoms with van der Waals surface area (Å²) in [4.78, 5) is 30.7. The van der Waals surface area contributed by atoms with E-state index in [1.54, 1.807) is 23.1 Å². The lowest BCUT2D eigenvalue weighted by atomic mass is 10.2. The minimum absolute atomic E-state index is 0.148. The molecule has 4 rings (SSSR count). The van der Waals surface area contributed by atoms with E-state index < -0.39 is 0 Å². The van der Waals surface area contributed by atoms with Crippen LogP contribution in [0.2, 0.25) is 0 Å². The minimum atomic E-state index is -0.158. The zero-order valence-electron chi connectivity index (χ0n) is 15.5. The van der Waals surface area contributed by atoms with Crippen LogP contribution in [0.25, 0.3) is 10.2 Å². The van der Waals surface area contributed by atoms with Gasteiger partial charge in [-0.2, -0.15) is 0 Å². The van der Waals surface area contributed by atoms with Crippen molar-refractivity contribution >= 4 is 67.3 Å². The molecule has 0 aliphatic carbocycles. The van der Waals surface area contributed by atoms with Gasteiger partial charge in [0, 0.05) is 28.1 Å². The SMILES string of the molecule is CC(=O)Nc1nc2ccc(NC(=O)c3ccccc3SCc3cccs3)cc2s1. The Morgan fingerprint density at radius 3 is 2.72 bits per heavy atom. The van der Waals surface area contributed by atoms with Crippen LogP contribution >= 0.6 is 34.4 Å². The Kier molecular flexibility index (Phi) is 5.94. The number of benzene rings is 2. The first-order chi connectivity index (χ1) is 14.1. The van der Waals surface area contributed by atoms with Crippen LogP contribution < -0.4 is 10.6 Å². The Hall–Kier alpha value is -2.68. The molecule has 146 valence electrons. The van der Waals surface area contributed by atoms with Crippen molar-refractivity contribution in [2.75, 3.05) is 10.6 Å². The number of hydrogen-bond donors (Lipinski definition) is 2. The highest BCUT2D eigenvalue weighted by molar-refractivity contribution is 7.98. The zero-order chi connectivity index (χ0) is 20.2. The molecule has 2 heterocycles. The van der Waals surface area contributed by atoms with Gasteiger partial charge in [0.25, 0.3) is 5.91 Å². The Balaban J connectivity index is 1.51. The van der Waals surface area contributed by atoms with E-state index in [-0.39, 0.29) is 11.8 Å². The number of rotatable bonds is 6. The fourth-order valence-corrected chi connectivity index (χ4v) is 5.50. The summed E-state index contributed by atoms with van der Waals surface area (Å²) in [5.41, 5.74) is 2.12. The summed E-state index contributed by atoms with van der Waals surface area (Å²) >= 11 is 4.75. The van der Waals surface area contributed by atoms with Gasteiger partial charge in [-0.15, -0.1) is 23.1 Å². The van der Waals surface area contributed by atoms with Crippen molar-refractivity contribution in [3.63, 3.8) is 0 Å². The third-order valence-electron chi connectivity index (χ3n) is 4.01. The molecule has 2 N–H and O–H groups in total. The molecule has 5 nitrogen and oxygen atoms in total. The molecule has 2 amide bonds. The number of fused-ring (bicyclic) bond motifs is 1. The molecule has 0 fully saturated rings. The van der Waals surface area contributed by atoms with Crippen LogP contribution in [0.4, 0.5) is 10.8 Å². The number of nitrogens with zero attached hydrogens (tertiary/aromatic N) is 1. The number of anilines is 2. The summed E-state index contributed by atoms with van der Waals surface area (Å²) in [7, 11) is 0. The molecule has 29 heavy (non-hydrogen) atoms. The Bertz CT molecular complexity index is 1170. The molecule has 0 saturated heterocycles. The van der Waals surface area contributed by atoms with E-state index in [9.17, 15) is 9.59 Å². The van der Waals surface area contributed by atoms with Crippen LogP contribution in [0.5, 0.6) is 0 Å². The lowest BCUT2D eigenvalue weighted by molar-refractivity contribution is -0.114. The first-order valence-electron chi connectivity index (χ1n) is 8.82. The van der Waals surface area contributed by atoms with Gasteiger partial charge in [-0.1, -0.05) is 29.5 Å². The molecule has 0 unspecified atom stereocenters. The third-order valence-corrected chi connectivity index (χ3v) is 7.13. The number of thioether (sulfide) groups is 1. The van der Waals surface area contributed by atoms with Gasteiger partial charge in [0.1, 0.15) is 0 Å². The highest BCUT2D eigenvalue weighted by Gasteiger charge is 2.13. The molecule has 4 aromatic rings. The van der Waals surface area contributed by atoms with E-state index in [0.29, 0.717) is 16.4 Å². The number of carbonyl (C=O) groups excluding carboxylic acids is 2. The van der Waals surface area contributed by atoms with E-state index in [4.69, 9.17) is 0 Å². The molecule has 2 aromatic carbocycles. The molecular formula is C21H17N3O2S3. The normalized spacial score (nSPS) is 10.8. The van der Waals surface area contributed by atoms with Crippen molar-refractivity contribution < 1.29 is 9.59 Å². The van der Waals surface area contributed by atoms with Gasteiger partial charge < -0.3 is 10.6 Å². The topological polar surface area (TPSA) is 71.1 Å². The van der Waals surface area contributed by atoms with Crippen molar-refractivity contribution in [2.45, 2.75) is 17.6 Å².